The van der Waals surface area contributed by atoms with E-state index in [1.807, 2.05) is 26.0 Å². The fourth-order valence-electron chi connectivity index (χ4n) is 4.08. The Morgan fingerprint density at radius 1 is 0.933 bits per heavy atom. The van der Waals surface area contributed by atoms with Gasteiger partial charge in [0.2, 0.25) is 0 Å². The number of aryl methyl sites for hydroxylation is 3. The molecule has 5 heteroatoms. The average molecular weight is 431 g/mol. The van der Waals surface area contributed by atoms with E-state index in [9.17, 15) is 4.79 Å². The van der Waals surface area contributed by atoms with Crippen LogP contribution in [0.15, 0.2) is 42.5 Å². The second-order valence-electron chi connectivity index (χ2n) is 8.29. The Balaban J connectivity index is 0.00000320. The third-order valence-corrected chi connectivity index (χ3v) is 5.60. The minimum atomic E-state index is -0.0731. The van der Waals surface area contributed by atoms with Gasteiger partial charge in [0.05, 0.1) is 6.04 Å². The second kappa shape index (κ2) is 12.0. The predicted octanol–water partition coefficient (Wildman–Crippen LogP) is 5.15. The maximum atomic E-state index is 12.5. The third kappa shape index (κ3) is 7.33. The number of hydrogen-bond donors (Lipinski definition) is 1. The number of carbonyl (C=O) groups is 1. The highest BCUT2D eigenvalue weighted by Gasteiger charge is 2.22. The van der Waals surface area contributed by atoms with Gasteiger partial charge in [0.15, 0.2) is 6.61 Å². The fourth-order valence-corrected chi connectivity index (χ4v) is 4.08. The number of ether oxygens (including phenoxy) is 1. The molecule has 30 heavy (non-hydrogen) atoms. The van der Waals surface area contributed by atoms with Crippen LogP contribution in [-0.4, -0.2) is 37.0 Å². The molecule has 1 atom stereocenters. The van der Waals surface area contributed by atoms with Crippen molar-refractivity contribution in [3.05, 3.63) is 64.7 Å². The van der Waals surface area contributed by atoms with Gasteiger partial charge in [-0.25, -0.2) is 0 Å². The molecule has 1 fully saturated rings. The van der Waals surface area contributed by atoms with Crippen molar-refractivity contribution in [2.45, 2.75) is 52.5 Å². The second-order valence-corrected chi connectivity index (χ2v) is 8.29. The first-order valence-electron chi connectivity index (χ1n) is 10.8. The first-order valence-corrected chi connectivity index (χ1v) is 10.8. The van der Waals surface area contributed by atoms with Crippen LogP contribution in [-0.2, 0) is 4.79 Å². The molecular formula is C25H35ClN2O2. The van der Waals surface area contributed by atoms with Crippen LogP contribution in [0, 0.1) is 20.8 Å². The lowest BCUT2D eigenvalue weighted by Gasteiger charge is -2.31. The number of rotatable bonds is 7. The SMILES string of the molecule is Cc1ccc(C(CNC(=O)COc2cc(C)cc(C)c2)N2CCCCCC2)cc1.Cl. The van der Waals surface area contributed by atoms with Crippen LogP contribution in [0.3, 0.4) is 0 Å². The summed E-state index contributed by atoms with van der Waals surface area (Å²) in [6, 6.07) is 14.9. The van der Waals surface area contributed by atoms with Crippen molar-refractivity contribution in [1.82, 2.24) is 10.2 Å². The van der Waals surface area contributed by atoms with Crippen LogP contribution in [0.4, 0.5) is 0 Å². The molecule has 1 aliphatic rings. The lowest BCUT2D eigenvalue weighted by atomic mass is 10.0. The van der Waals surface area contributed by atoms with Crippen LogP contribution in [0.1, 0.15) is 54.0 Å². The van der Waals surface area contributed by atoms with Gasteiger partial charge in [-0.05, 0) is 75.5 Å². The van der Waals surface area contributed by atoms with Gasteiger partial charge in [-0.3, -0.25) is 9.69 Å². The van der Waals surface area contributed by atoms with E-state index in [0.29, 0.717) is 6.54 Å². The van der Waals surface area contributed by atoms with E-state index in [1.165, 1.54) is 36.8 Å². The Bertz CT molecular complexity index is 779. The topological polar surface area (TPSA) is 41.6 Å². The van der Waals surface area contributed by atoms with E-state index < -0.39 is 0 Å². The minimum absolute atomic E-state index is 0. The van der Waals surface area contributed by atoms with Crippen molar-refractivity contribution in [2.24, 2.45) is 0 Å². The van der Waals surface area contributed by atoms with Crippen molar-refractivity contribution in [2.75, 3.05) is 26.2 Å². The van der Waals surface area contributed by atoms with E-state index >= 15 is 0 Å². The molecule has 0 saturated carbocycles. The standard InChI is InChI=1S/C25H34N2O2.ClH/c1-19-8-10-22(11-9-19)24(27-12-6-4-5-7-13-27)17-26-25(28)18-29-23-15-20(2)14-21(3)16-23;/h8-11,14-16,24H,4-7,12-13,17-18H2,1-3H3,(H,26,28);1H. The maximum Gasteiger partial charge on any atom is 0.258 e. The molecule has 1 aliphatic heterocycles. The smallest absolute Gasteiger partial charge is 0.258 e. The summed E-state index contributed by atoms with van der Waals surface area (Å²) in [5.41, 5.74) is 4.81. The molecule has 2 aromatic carbocycles. The number of nitrogens with zero attached hydrogens (tertiary/aromatic N) is 1. The normalized spacial score (nSPS) is 15.6. The molecule has 0 aromatic heterocycles. The van der Waals surface area contributed by atoms with Crippen LogP contribution < -0.4 is 10.1 Å². The molecule has 2 aromatic rings. The minimum Gasteiger partial charge on any atom is -0.484 e. The highest BCUT2D eigenvalue weighted by Crippen LogP contribution is 2.24. The van der Waals surface area contributed by atoms with Gasteiger partial charge in [0.1, 0.15) is 5.75 Å². The zero-order valence-electron chi connectivity index (χ0n) is 18.4. The van der Waals surface area contributed by atoms with Gasteiger partial charge in [-0.2, -0.15) is 0 Å². The van der Waals surface area contributed by atoms with Gasteiger partial charge in [0, 0.05) is 6.54 Å². The zero-order valence-corrected chi connectivity index (χ0v) is 19.3. The lowest BCUT2D eigenvalue weighted by Crippen LogP contribution is -2.40. The summed E-state index contributed by atoms with van der Waals surface area (Å²) in [6.45, 7) is 9.01. The Kier molecular flexibility index (Phi) is 9.67. The van der Waals surface area contributed by atoms with Crippen molar-refractivity contribution >= 4 is 18.3 Å². The van der Waals surface area contributed by atoms with Gasteiger partial charge >= 0.3 is 0 Å². The van der Waals surface area contributed by atoms with E-state index in [0.717, 1.165) is 30.0 Å². The molecule has 0 spiro atoms. The predicted molar refractivity (Wildman–Crippen MR) is 126 cm³/mol. The number of likely N-dealkylation sites (tertiary alicyclic amines) is 1. The van der Waals surface area contributed by atoms with Crippen molar-refractivity contribution in [3.63, 3.8) is 0 Å². The fraction of sp³-hybridized carbons (Fsp3) is 0.480. The molecule has 1 N–H and O–H groups in total. The number of amides is 1. The van der Waals surface area contributed by atoms with Crippen LogP contribution in [0.2, 0.25) is 0 Å². The number of carbonyl (C=O) groups excluding carboxylic acids is 1. The molecule has 0 aliphatic carbocycles. The molecule has 4 nitrogen and oxygen atoms in total. The lowest BCUT2D eigenvalue weighted by molar-refractivity contribution is -0.123. The highest BCUT2D eigenvalue weighted by molar-refractivity contribution is 5.85. The number of hydrogen-bond acceptors (Lipinski definition) is 3. The number of nitrogens with one attached hydrogen (secondary N) is 1. The molecular weight excluding hydrogens is 396 g/mol. The average Bonchev–Trinajstić information content (AvgIpc) is 2.97. The van der Waals surface area contributed by atoms with E-state index in [2.05, 4.69) is 47.5 Å². The van der Waals surface area contributed by atoms with Crippen molar-refractivity contribution < 1.29 is 9.53 Å². The van der Waals surface area contributed by atoms with Crippen molar-refractivity contribution in [1.29, 1.82) is 0 Å². The van der Waals surface area contributed by atoms with Crippen LogP contribution in [0.25, 0.3) is 0 Å². The molecule has 3 rings (SSSR count). The third-order valence-electron chi connectivity index (χ3n) is 5.60. The van der Waals surface area contributed by atoms with E-state index in [-0.39, 0.29) is 31.0 Å². The maximum absolute atomic E-state index is 12.5. The summed E-state index contributed by atoms with van der Waals surface area (Å²) in [5.74, 6) is 0.677. The largest absolute Gasteiger partial charge is 0.484 e. The zero-order chi connectivity index (χ0) is 20.6. The van der Waals surface area contributed by atoms with Gasteiger partial charge in [0.25, 0.3) is 5.91 Å². The molecule has 1 heterocycles. The summed E-state index contributed by atoms with van der Waals surface area (Å²) in [7, 11) is 0. The monoisotopic (exact) mass is 430 g/mol. The van der Waals surface area contributed by atoms with Gasteiger partial charge < -0.3 is 10.1 Å². The Morgan fingerprint density at radius 3 is 2.13 bits per heavy atom. The summed E-state index contributed by atoms with van der Waals surface area (Å²) in [5, 5.41) is 3.11. The van der Waals surface area contributed by atoms with Gasteiger partial charge in [-0.15, -0.1) is 12.4 Å². The van der Waals surface area contributed by atoms with E-state index in [1.54, 1.807) is 0 Å². The number of benzene rings is 2. The first kappa shape index (κ1) is 24.2. The molecule has 1 unspecified atom stereocenters. The Morgan fingerprint density at radius 2 is 1.53 bits per heavy atom. The first-order chi connectivity index (χ1) is 14.0. The Hall–Kier alpha value is -2.04. The summed E-state index contributed by atoms with van der Waals surface area (Å²) in [4.78, 5) is 15.0. The molecule has 1 amide bonds. The van der Waals surface area contributed by atoms with E-state index in [4.69, 9.17) is 4.74 Å². The molecule has 164 valence electrons. The summed E-state index contributed by atoms with van der Waals surface area (Å²) >= 11 is 0. The van der Waals surface area contributed by atoms with Crippen LogP contribution in [0.5, 0.6) is 5.75 Å². The summed E-state index contributed by atoms with van der Waals surface area (Å²) in [6.07, 6.45) is 5.05. The van der Waals surface area contributed by atoms with Crippen LogP contribution >= 0.6 is 12.4 Å². The highest BCUT2D eigenvalue weighted by atomic mass is 35.5. The summed E-state index contributed by atoms with van der Waals surface area (Å²) < 4.78 is 5.72. The molecule has 0 radical (unpaired) electrons. The Labute approximate surface area is 187 Å². The molecule has 0 bridgehead atoms. The van der Waals surface area contributed by atoms with Crippen molar-refractivity contribution in [3.8, 4) is 5.75 Å². The molecule has 1 saturated heterocycles. The number of halogens is 1. The quantitative estimate of drug-likeness (QED) is 0.660. The van der Waals surface area contributed by atoms with Gasteiger partial charge in [-0.1, -0.05) is 48.7 Å².